The van der Waals surface area contributed by atoms with E-state index in [1.54, 1.807) is 47.1 Å². The van der Waals surface area contributed by atoms with Crippen LogP contribution in [0.4, 0.5) is 11.4 Å². The van der Waals surface area contributed by atoms with Crippen molar-refractivity contribution in [2.24, 2.45) is 0 Å². The maximum Gasteiger partial charge on any atom is 0.172 e. The van der Waals surface area contributed by atoms with Gasteiger partial charge >= 0.3 is 0 Å². The molecule has 0 saturated heterocycles. The number of allylic oxidation sites excluding steroid dienone is 4. The molecule has 0 radical (unpaired) electrons. The molecule has 0 N–H and O–H groups in total. The van der Waals surface area contributed by atoms with Crippen LogP contribution in [-0.2, 0) is 35.2 Å². The first-order valence-corrected chi connectivity index (χ1v) is 21.1. The van der Waals surface area contributed by atoms with Crippen LogP contribution in [0.25, 0.3) is 6.08 Å². The van der Waals surface area contributed by atoms with Gasteiger partial charge in [0.1, 0.15) is 64.7 Å². The zero-order valence-electron chi connectivity index (χ0n) is 37.0. The SMILES string of the molecule is CC1=C(C#N)C(=C(C#N)C#N)OC1(C)C.COc1c(/C=C/C2=C(C#N)C(=C(C#N)C#N)OC2(C)C)cc2c3c1CCCN3CCC2.COc1c(C=O)cc2c3c1CCCN3CCC2. The first-order chi connectivity index (χ1) is 30.3. The van der Waals surface area contributed by atoms with Gasteiger partial charge in [-0.1, -0.05) is 12.2 Å². The molecule has 0 spiro atoms. The van der Waals surface area contributed by atoms with E-state index >= 15 is 0 Å². The van der Waals surface area contributed by atoms with E-state index in [1.807, 2.05) is 50.3 Å². The topological polar surface area (TPSA) is 203 Å². The van der Waals surface area contributed by atoms with Gasteiger partial charge in [0.15, 0.2) is 29.0 Å². The number of carbonyl (C=O) groups excluding carboxylic acids is 1. The van der Waals surface area contributed by atoms with Crippen LogP contribution in [0.15, 0.2) is 63.2 Å². The summed E-state index contributed by atoms with van der Waals surface area (Å²) in [7, 11) is 3.36. The van der Waals surface area contributed by atoms with Gasteiger partial charge in [-0.25, -0.2) is 0 Å². The molecule has 6 aliphatic rings. The first kappa shape index (κ1) is 45.1. The van der Waals surface area contributed by atoms with Crippen molar-refractivity contribution in [2.75, 3.05) is 50.2 Å². The second-order valence-electron chi connectivity index (χ2n) is 16.9. The molecule has 0 saturated carbocycles. The molecule has 0 fully saturated rings. The summed E-state index contributed by atoms with van der Waals surface area (Å²) in [6.45, 7) is 13.5. The fourth-order valence-corrected chi connectivity index (χ4v) is 9.35. The number of methoxy groups -OCH3 is 2. The lowest BCUT2D eigenvalue weighted by molar-refractivity contribution is 0.0927. The number of hydrogen-bond acceptors (Lipinski definition) is 13. The van der Waals surface area contributed by atoms with E-state index < -0.39 is 11.2 Å². The van der Waals surface area contributed by atoms with Crippen molar-refractivity contribution < 1.29 is 23.7 Å². The molecule has 0 bridgehead atoms. The van der Waals surface area contributed by atoms with Gasteiger partial charge in [0.25, 0.3) is 0 Å². The van der Waals surface area contributed by atoms with Crippen LogP contribution < -0.4 is 19.3 Å². The van der Waals surface area contributed by atoms with E-state index in [0.717, 1.165) is 100 Å². The van der Waals surface area contributed by atoms with Gasteiger partial charge in [-0.3, -0.25) is 4.79 Å². The lowest BCUT2D eigenvalue weighted by Crippen LogP contribution is -2.34. The first-order valence-electron chi connectivity index (χ1n) is 21.1. The minimum Gasteiger partial charge on any atom is -0.496 e. The van der Waals surface area contributed by atoms with Crippen LogP contribution in [0.5, 0.6) is 11.5 Å². The Bertz CT molecular complexity index is 2640. The Morgan fingerprint density at radius 1 is 0.635 bits per heavy atom. The van der Waals surface area contributed by atoms with E-state index in [1.165, 1.54) is 40.0 Å². The highest BCUT2D eigenvalue weighted by molar-refractivity contribution is 5.85. The molecule has 2 aromatic rings. The largest absolute Gasteiger partial charge is 0.496 e. The van der Waals surface area contributed by atoms with E-state index in [0.29, 0.717) is 11.1 Å². The standard InChI is InChI=1S/C25H24N4O2.C14H17NO2.C11H9N3O/c1-25(2)21(20(15-28)24(31-25)18(13-26)14-27)9-8-17-12-16-6-4-10-29-11-5-7-19(22(16)29)23(17)30-3;1-17-14-11(9-16)8-10-4-2-6-15-7-3-5-12(14)13(10)15;1-7-9(6-14)10(8(4-12)5-13)15-11(7,2)3/h8-9,12H,4-7,10-11H2,1-3H3;8-9H,2-7H2,1H3;1-3H3/b9-8+;;. The van der Waals surface area contributed by atoms with Gasteiger partial charge in [-0.2, -0.15) is 31.6 Å². The number of hydrogen-bond donors (Lipinski definition) is 0. The highest BCUT2D eigenvalue weighted by atomic mass is 16.5. The summed E-state index contributed by atoms with van der Waals surface area (Å²) in [6, 6.07) is 15.4. The fourth-order valence-electron chi connectivity index (χ4n) is 9.35. The smallest absolute Gasteiger partial charge is 0.172 e. The van der Waals surface area contributed by atoms with Crippen LogP contribution in [0.2, 0.25) is 0 Å². The minimum absolute atomic E-state index is 0.0558. The average Bonchev–Trinajstić information content (AvgIpc) is 3.68. The summed E-state index contributed by atoms with van der Waals surface area (Å²) < 4.78 is 22.6. The number of nitriles is 6. The third-order valence-electron chi connectivity index (χ3n) is 12.5. The number of carbonyl (C=O) groups is 1. The van der Waals surface area contributed by atoms with Crippen molar-refractivity contribution in [1.82, 2.24) is 0 Å². The van der Waals surface area contributed by atoms with Crippen LogP contribution in [-0.4, -0.2) is 57.9 Å². The molecule has 0 atom stereocenters. The normalized spacial score (nSPS) is 18.1. The third kappa shape index (κ3) is 8.45. The van der Waals surface area contributed by atoms with Gasteiger partial charge in [0, 0.05) is 59.8 Å². The summed E-state index contributed by atoms with van der Waals surface area (Å²) in [6.07, 6.45) is 13.5. The highest BCUT2D eigenvalue weighted by Crippen LogP contribution is 2.46. The van der Waals surface area contributed by atoms with Crippen LogP contribution in [0, 0.1) is 68.0 Å². The van der Waals surface area contributed by atoms with Crippen molar-refractivity contribution in [2.45, 2.75) is 97.2 Å². The Labute approximate surface area is 369 Å². The second kappa shape index (κ2) is 18.7. The number of rotatable bonds is 5. The molecule has 0 aromatic heterocycles. The van der Waals surface area contributed by atoms with Gasteiger partial charge < -0.3 is 28.7 Å². The maximum atomic E-state index is 11.1. The zero-order chi connectivity index (χ0) is 45.6. The highest BCUT2D eigenvalue weighted by Gasteiger charge is 2.39. The predicted molar refractivity (Wildman–Crippen MR) is 236 cm³/mol. The molecule has 320 valence electrons. The molecule has 13 nitrogen and oxygen atoms in total. The number of aldehydes is 1. The molecule has 0 unspecified atom stereocenters. The van der Waals surface area contributed by atoms with Crippen molar-refractivity contribution in [3.63, 3.8) is 0 Å². The molecule has 0 amide bonds. The molecular weight excluding hydrogens is 793 g/mol. The van der Waals surface area contributed by atoms with E-state index in [2.05, 4.69) is 21.9 Å². The molecular formula is C50H50N8O5. The molecule has 2 aromatic carbocycles. The van der Waals surface area contributed by atoms with Crippen LogP contribution in [0.1, 0.15) is 98.5 Å². The predicted octanol–water partition coefficient (Wildman–Crippen LogP) is 8.48. The van der Waals surface area contributed by atoms with Crippen LogP contribution in [0.3, 0.4) is 0 Å². The molecule has 13 heteroatoms. The van der Waals surface area contributed by atoms with Gasteiger partial charge in [-0.05, 0) is 115 Å². The number of anilines is 2. The Kier molecular flexibility index (Phi) is 13.4. The number of benzene rings is 2. The lowest BCUT2D eigenvalue weighted by Gasteiger charge is -2.38. The number of ether oxygens (including phenoxy) is 4. The Balaban J connectivity index is 0.000000174. The van der Waals surface area contributed by atoms with E-state index in [-0.39, 0.29) is 33.8 Å². The summed E-state index contributed by atoms with van der Waals surface area (Å²) in [5.41, 5.74) is 9.65. The number of nitrogens with zero attached hydrogens (tertiary/aromatic N) is 8. The van der Waals surface area contributed by atoms with Crippen molar-refractivity contribution in [3.05, 3.63) is 96.5 Å². The molecule has 6 heterocycles. The minimum atomic E-state index is -0.831. The number of aryl methyl sites for hydroxylation is 2. The van der Waals surface area contributed by atoms with Crippen molar-refractivity contribution >= 4 is 23.7 Å². The van der Waals surface area contributed by atoms with Crippen molar-refractivity contribution in [1.29, 1.82) is 31.6 Å². The van der Waals surface area contributed by atoms with Gasteiger partial charge in [0.2, 0.25) is 0 Å². The summed E-state index contributed by atoms with van der Waals surface area (Å²) in [5.74, 6) is 1.83. The second-order valence-corrected chi connectivity index (χ2v) is 16.9. The zero-order valence-corrected chi connectivity index (χ0v) is 37.0. The average molecular weight is 843 g/mol. The Hall–Kier alpha value is -7.45. The molecule has 0 aliphatic carbocycles. The quantitative estimate of drug-likeness (QED) is 0.205. The fraction of sp³-hybridized carbons (Fsp3) is 0.420. The van der Waals surface area contributed by atoms with E-state index in [4.69, 9.17) is 34.7 Å². The summed E-state index contributed by atoms with van der Waals surface area (Å²) >= 11 is 0. The Morgan fingerprint density at radius 3 is 1.51 bits per heavy atom. The Morgan fingerprint density at radius 2 is 1.06 bits per heavy atom. The molecule has 8 rings (SSSR count). The molecule has 63 heavy (non-hydrogen) atoms. The van der Waals surface area contributed by atoms with Gasteiger partial charge in [0.05, 0.1) is 25.4 Å². The third-order valence-corrected chi connectivity index (χ3v) is 12.5. The monoisotopic (exact) mass is 842 g/mol. The van der Waals surface area contributed by atoms with Gasteiger partial charge in [-0.15, -0.1) is 0 Å². The van der Waals surface area contributed by atoms with Crippen LogP contribution >= 0.6 is 0 Å². The lowest BCUT2D eigenvalue weighted by atomic mass is 9.88. The van der Waals surface area contributed by atoms with E-state index in [9.17, 15) is 20.6 Å². The molecule has 6 aliphatic heterocycles. The summed E-state index contributed by atoms with van der Waals surface area (Å²) in [4.78, 5) is 16.1. The summed E-state index contributed by atoms with van der Waals surface area (Å²) in [5, 5.41) is 54.6. The van der Waals surface area contributed by atoms with Crippen molar-refractivity contribution in [3.8, 4) is 47.9 Å². The maximum absolute atomic E-state index is 11.1.